The van der Waals surface area contributed by atoms with E-state index in [1.54, 1.807) is 30.6 Å². The van der Waals surface area contributed by atoms with Gasteiger partial charge >= 0.3 is 0 Å². The zero-order chi connectivity index (χ0) is 25.8. The maximum atomic E-state index is 13.2. The molecule has 2 aliphatic rings. The van der Waals surface area contributed by atoms with Gasteiger partial charge < -0.3 is 20.5 Å². The molecule has 3 aromatic rings. The fourth-order valence-corrected chi connectivity index (χ4v) is 5.72. The van der Waals surface area contributed by atoms with E-state index in [0.717, 1.165) is 11.1 Å². The van der Waals surface area contributed by atoms with Crippen LogP contribution in [0.4, 0.5) is 11.1 Å². The van der Waals surface area contributed by atoms with E-state index in [1.165, 1.54) is 11.3 Å². The molecule has 1 aliphatic carbocycles. The normalized spacial score (nSPS) is 18.6. The van der Waals surface area contributed by atoms with Crippen molar-refractivity contribution in [1.82, 2.24) is 30.0 Å². The van der Waals surface area contributed by atoms with Crippen LogP contribution in [0, 0.1) is 5.21 Å². The van der Waals surface area contributed by atoms with Crippen molar-refractivity contribution >= 4 is 34.2 Å². The number of nitrogens with one attached hydrogen (secondary N) is 2. The smallest absolute Gasteiger partial charge is 0.278 e. The number of likely N-dealkylation sites (N-methyl/N-ethyl adjacent to an activating group) is 1. The zero-order valence-corrected chi connectivity index (χ0v) is 21.5. The summed E-state index contributed by atoms with van der Waals surface area (Å²) < 4.78 is -0.406. The molecule has 1 saturated heterocycles. The highest BCUT2D eigenvalue weighted by molar-refractivity contribution is 7.14. The molecule has 0 saturated carbocycles. The number of hydrogen-bond acceptors (Lipinski definition) is 9. The maximum Gasteiger partial charge on any atom is 0.278 e. The number of aromatic nitrogens is 5. The number of hydrogen-bond donors (Lipinski definition) is 3. The monoisotopic (exact) mass is 511 g/mol. The first kappa shape index (κ1) is 24.3. The van der Waals surface area contributed by atoms with Crippen molar-refractivity contribution in [2.75, 3.05) is 38.2 Å². The second kappa shape index (κ2) is 8.61. The van der Waals surface area contributed by atoms with Gasteiger partial charge in [-0.05, 0) is 17.4 Å². The molecule has 3 aromatic heterocycles. The van der Waals surface area contributed by atoms with Crippen LogP contribution < -0.4 is 11.1 Å². The Balaban J connectivity index is 1.29. The molecule has 4 heterocycles. The lowest BCUT2D eigenvalue weighted by Gasteiger charge is -2.39. The third-order valence-electron chi connectivity index (χ3n) is 6.91. The minimum Gasteiger partial charge on any atom is -0.633 e. The number of amides is 2. The first-order chi connectivity index (χ1) is 16.9. The summed E-state index contributed by atoms with van der Waals surface area (Å²) in [6.45, 7) is 5.10. The highest BCUT2D eigenvalue weighted by atomic mass is 32.1. The van der Waals surface area contributed by atoms with Crippen molar-refractivity contribution in [3.63, 3.8) is 0 Å². The van der Waals surface area contributed by atoms with Gasteiger partial charge in [-0.3, -0.25) is 20.0 Å². The molecule has 0 aromatic carbocycles. The molecule has 190 valence electrons. The summed E-state index contributed by atoms with van der Waals surface area (Å²) in [5.41, 5.74) is 9.28. The first-order valence-corrected chi connectivity index (χ1v) is 12.6. The molecule has 2 amide bonds. The van der Waals surface area contributed by atoms with E-state index in [-0.39, 0.29) is 35.4 Å². The molecule has 0 bridgehead atoms. The second-order valence-electron chi connectivity index (χ2n) is 10.5. The lowest BCUT2D eigenvalue weighted by atomic mass is 9.73. The Hall–Kier alpha value is -3.42. The summed E-state index contributed by atoms with van der Waals surface area (Å²) in [5, 5.41) is 24.4. The van der Waals surface area contributed by atoms with Crippen LogP contribution in [0.15, 0.2) is 11.6 Å². The predicted octanol–water partition coefficient (Wildman–Crippen LogP) is 1.71. The molecule has 0 spiro atoms. The summed E-state index contributed by atoms with van der Waals surface area (Å²) >= 11 is 1.25. The Labute approximate surface area is 212 Å². The number of likely N-dealkylation sites (tertiary alicyclic amines) is 1. The van der Waals surface area contributed by atoms with E-state index < -0.39 is 10.6 Å². The van der Waals surface area contributed by atoms with E-state index in [4.69, 9.17) is 5.73 Å². The van der Waals surface area contributed by atoms with E-state index >= 15 is 0 Å². The number of quaternary nitrogens is 1. The van der Waals surface area contributed by atoms with Crippen LogP contribution in [0.1, 0.15) is 47.6 Å². The van der Waals surface area contributed by atoms with Gasteiger partial charge in [0.2, 0.25) is 11.9 Å². The van der Waals surface area contributed by atoms with Gasteiger partial charge in [0.1, 0.15) is 6.04 Å². The largest absolute Gasteiger partial charge is 0.633 e. The van der Waals surface area contributed by atoms with Gasteiger partial charge in [-0.1, -0.05) is 13.8 Å². The van der Waals surface area contributed by atoms with Gasteiger partial charge in [-0.2, -0.15) is 5.10 Å². The van der Waals surface area contributed by atoms with Gasteiger partial charge in [0, 0.05) is 30.1 Å². The summed E-state index contributed by atoms with van der Waals surface area (Å²) in [5.74, 6) is -0.307. The average molecular weight is 512 g/mol. The average Bonchev–Trinajstić information content (AvgIpc) is 3.53. The molecule has 0 unspecified atom stereocenters. The van der Waals surface area contributed by atoms with Gasteiger partial charge in [0.15, 0.2) is 10.8 Å². The number of carbonyl (C=O) groups excluding carboxylic acids is 2. The lowest BCUT2D eigenvalue weighted by Crippen LogP contribution is -2.45. The Bertz CT molecular complexity index is 1340. The van der Waals surface area contributed by atoms with Crippen molar-refractivity contribution in [2.45, 2.75) is 44.6 Å². The predicted molar refractivity (Wildman–Crippen MR) is 135 cm³/mol. The van der Waals surface area contributed by atoms with Gasteiger partial charge in [-0.25, -0.2) is 15.0 Å². The van der Waals surface area contributed by atoms with Crippen LogP contribution in [0.2, 0.25) is 0 Å². The van der Waals surface area contributed by atoms with Crippen LogP contribution in [0.5, 0.6) is 0 Å². The molecule has 1 atom stereocenters. The summed E-state index contributed by atoms with van der Waals surface area (Å²) in [7, 11) is 3.21. The number of rotatable bonds is 5. The molecule has 0 radical (unpaired) electrons. The standard InChI is InChI=1S/C23H29N9O3S/c1-23(2)8-12-9-25-21(24)27-17(12)18-16(23)19(30-29-18)20(34)28-22-26-13(11-36-22)7-15(33)31-6-5-14(10-31)32(3,4)35/h9,11,14H,5-8,10H2,1-4H3,(H,29,30)(H2,24,25,27)(H,26,28,34)/t14-/m1/s1. The number of nitrogen functional groups attached to an aromatic ring is 1. The van der Waals surface area contributed by atoms with Crippen LogP contribution in [-0.2, 0) is 23.1 Å². The van der Waals surface area contributed by atoms with Crippen LogP contribution in [0.25, 0.3) is 11.4 Å². The van der Waals surface area contributed by atoms with Crippen molar-refractivity contribution in [3.05, 3.63) is 39.3 Å². The molecular formula is C23H29N9O3S. The van der Waals surface area contributed by atoms with Crippen molar-refractivity contribution < 1.29 is 14.2 Å². The van der Waals surface area contributed by atoms with Crippen molar-refractivity contribution in [2.24, 2.45) is 0 Å². The Morgan fingerprint density at radius 1 is 1.36 bits per heavy atom. The summed E-state index contributed by atoms with van der Waals surface area (Å²) in [6, 6.07) is -0.113. The Morgan fingerprint density at radius 2 is 2.14 bits per heavy atom. The molecule has 36 heavy (non-hydrogen) atoms. The zero-order valence-electron chi connectivity index (χ0n) is 20.7. The van der Waals surface area contributed by atoms with E-state index in [2.05, 4.69) is 30.5 Å². The quantitative estimate of drug-likeness (QED) is 0.344. The summed E-state index contributed by atoms with van der Waals surface area (Å²) in [4.78, 5) is 40.5. The van der Waals surface area contributed by atoms with Crippen LogP contribution in [0.3, 0.4) is 0 Å². The fraction of sp³-hybridized carbons (Fsp3) is 0.478. The molecule has 1 fully saturated rings. The number of anilines is 2. The van der Waals surface area contributed by atoms with E-state index in [0.29, 0.717) is 48.1 Å². The number of aromatic amines is 1. The number of fused-ring (bicyclic) bond motifs is 3. The number of carbonyl (C=O) groups is 2. The van der Waals surface area contributed by atoms with Crippen molar-refractivity contribution in [3.8, 4) is 11.4 Å². The number of nitrogens with zero attached hydrogens (tertiary/aromatic N) is 6. The van der Waals surface area contributed by atoms with Gasteiger partial charge in [0.25, 0.3) is 5.91 Å². The molecular weight excluding hydrogens is 482 g/mol. The summed E-state index contributed by atoms with van der Waals surface area (Å²) in [6.07, 6.45) is 3.16. The third-order valence-corrected chi connectivity index (χ3v) is 7.72. The van der Waals surface area contributed by atoms with E-state index in [1.807, 2.05) is 13.8 Å². The minimum absolute atomic E-state index is 0.0721. The van der Waals surface area contributed by atoms with Gasteiger partial charge in [0.05, 0.1) is 44.1 Å². The lowest BCUT2D eigenvalue weighted by molar-refractivity contribution is -0.864. The van der Waals surface area contributed by atoms with Crippen LogP contribution >= 0.6 is 11.3 Å². The Morgan fingerprint density at radius 3 is 2.86 bits per heavy atom. The molecule has 1 aliphatic heterocycles. The number of nitrogens with two attached hydrogens (primary N) is 1. The Kier molecular flexibility index (Phi) is 5.80. The SMILES string of the molecule is CC1(C)Cc2cnc(N)nc2-c2[nH]nc(C(=O)Nc3nc(CC(=O)N4CC[C@@H]([N+](C)(C)[O-])C4)cs3)c21. The van der Waals surface area contributed by atoms with Gasteiger partial charge in [-0.15, -0.1) is 11.3 Å². The highest BCUT2D eigenvalue weighted by Crippen LogP contribution is 2.42. The van der Waals surface area contributed by atoms with E-state index in [9.17, 15) is 14.8 Å². The second-order valence-corrected chi connectivity index (χ2v) is 11.3. The number of hydroxylamine groups is 3. The fourth-order valence-electron chi connectivity index (χ4n) is 5.01. The third kappa shape index (κ3) is 4.45. The minimum atomic E-state index is -0.406. The number of thiazole rings is 1. The topological polar surface area (TPSA) is 166 Å². The molecule has 4 N–H and O–H groups in total. The van der Waals surface area contributed by atoms with Crippen molar-refractivity contribution in [1.29, 1.82) is 0 Å². The highest BCUT2D eigenvalue weighted by Gasteiger charge is 2.39. The maximum absolute atomic E-state index is 13.2. The number of H-pyrrole nitrogens is 1. The molecule has 5 rings (SSSR count). The molecule has 13 heteroatoms. The van der Waals surface area contributed by atoms with Crippen LogP contribution in [-0.4, -0.2) is 79.7 Å². The first-order valence-electron chi connectivity index (χ1n) is 11.7. The molecule has 12 nitrogen and oxygen atoms in total.